The Morgan fingerprint density at radius 2 is 2.00 bits per heavy atom. The smallest absolute Gasteiger partial charge is 0.335 e. The maximum atomic E-state index is 12.0. The largest absolute Gasteiger partial charge is 0.478 e. The summed E-state index contributed by atoms with van der Waals surface area (Å²) in [6, 6.07) is 8.27. The average molecular weight is 246 g/mol. The minimum absolute atomic E-state index is 0.137. The van der Waals surface area contributed by atoms with Crippen molar-refractivity contribution in [1.82, 2.24) is 0 Å². The zero-order chi connectivity index (χ0) is 12.4. The summed E-state index contributed by atoms with van der Waals surface area (Å²) >= 11 is 1.35. The minimum atomic E-state index is -1.01. The molecule has 1 N–H and O–H groups in total. The van der Waals surface area contributed by atoms with Crippen LogP contribution in [0.15, 0.2) is 35.7 Å². The first-order valence-electron chi connectivity index (χ1n) is 5.02. The Hall–Kier alpha value is -1.94. The van der Waals surface area contributed by atoms with E-state index in [1.807, 2.05) is 5.38 Å². The fraction of sp³-hybridized carbons (Fsp3) is 0.0769. The predicted molar refractivity (Wildman–Crippen MR) is 65.9 cm³/mol. The summed E-state index contributed by atoms with van der Waals surface area (Å²) in [5.41, 5.74) is 1.24. The van der Waals surface area contributed by atoms with Crippen LogP contribution >= 0.6 is 11.3 Å². The molecule has 0 fully saturated rings. The van der Waals surface area contributed by atoms with Gasteiger partial charge in [-0.25, -0.2) is 4.79 Å². The number of ketones is 1. The van der Waals surface area contributed by atoms with Crippen LogP contribution in [-0.4, -0.2) is 16.9 Å². The van der Waals surface area contributed by atoms with E-state index in [0.29, 0.717) is 16.0 Å². The van der Waals surface area contributed by atoms with Crippen molar-refractivity contribution < 1.29 is 14.7 Å². The van der Waals surface area contributed by atoms with Gasteiger partial charge in [-0.2, -0.15) is 0 Å². The highest BCUT2D eigenvalue weighted by Crippen LogP contribution is 2.18. The summed E-state index contributed by atoms with van der Waals surface area (Å²) in [6.45, 7) is 1.71. The maximum Gasteiger partial charge on any atom is 0.335 e. The third-order valence-corrected chi connectivity index (χ3v) is 3.34. The van der Waals surface area contributed by atoms with E-state index in [4.69, 9.17) is 5.11 Å². The molecule has 17 heavy (non-hydrogen) atoms. The molecule has 0 saturated carbocycles. The lowest BCUT2D eigenvalue weighted by atomic mass is 10.0. The molecule has 0 saturated heterocycles. The summed E-state index contributed by atoms with van der Waals surface area (Å²) in [5.74, 6) is -1.15. The van der Waals surface area contributed by atoms with Crippen LogP contribution in [0.5, 0.6) is 0 Å². The third-order valence-electron chi connectivity index (χ3n) is 2.48. The molecule has 0 aliphatic carbocycles. The number of carbonyl (C=O) groups is 2. The van der Waals surface area contributed by atoms with Gasteiger partial charge in [-0.3, -0.25) is 4.79 Å². The van der Waals surface area contributed by atoms with Crippen LogP contribution in [0.3, 0.4) is 0 Å². The molecule has 1 aromatic carbocycles. The summed E-state index contributed by atoms with van der Waals surface area (Å²) in [7, 11) is 0. The van der Waals surface area contributed by atoms with Crippen LogP contribution in [0.2, 0.25) is 0 Å². The van der Waals surface area contributed by atoms with E-state index in [0.717, 1.165) is 0 Å². The second kappa shape index (κ2) is 4.51. The first kappa shape index (κ1) is 11.5. The van der Waals surface area contributed by atoms with E-state index >= 15 is 0 Å². The van der Waals surface area contributed by atoms with E-state index < -0.39 is 5.97 Å². The molecule has 3 nitrogen and oxygen atoms in total. The van der Waals surface area contributed by atoms with Crippen molar-refractivity contribution in [3.63, 3.8) is 0 Å². The molecule has 0 radical (unpaired) electrons. The van der Waals surface area contributed by atoms with Crippen molar-refractivity contribution in [2.75, 3.05) is 0 Å². The van der Waals surface area contributed by atoms with Crippen LogP contribution < -0.4 is 0 Å². The molecular formula is C13H10O3S. The highest BCUT2D eigenvalue weighted by Gasteiger charge is 2.14. The van der Waals surface area contributed by atoms with Gasteiger partial charge in [0.25, 0.3) is 0 Å². The van der Waals surface area contributed by atoms with Gasteiger partial charge >= 0.3 is 5.97 Å². The Morgan fingerprint density at radius 1 is 1.24 bits per heavy atom. The third kappa shape index (κ3) is 2.26. The molecule has 0 spiro atoms. The molecule has 0 amide bonds. The zero-order valence-electron chi connectivity index (χ0n) is 9.14. The fourth-order valence-electron chi connectivity index (χ4n) is 1.54. The summed E-state index contributed by atoms with van der Waals surface area (Å²) in [6.07, 6.45) is 0. The maximum absolute atomic E-state index is 12.0. The normalized spacial score (nSPS) is 10.2. The molecule has 0 bridgehead atoms. The second-order valence-electron chi connectivity index (χ2n) is 3.64. The van der Waals surface area contributed by atoms with E-state index in [9.17, 15) is 9.59 Å². The van der Waals surface area contributed by atoms with Crippen molar-refractivity contribution in [2.45, 2.75) is 6.92 Å². The Kier molecular flexibility index (Phi) is 3.06. The van der Waals surface area contributed by atoms with Gasteiger partial charge in [0.05, 0.1) is 10.4 Å². The van der Waals surface area contributed by atoms with Crippen molar-refractivity contribution in [2.24, 2.45) is 0 Å². The van der Waals surface area contributed by atoms with E-state index in [1.54, 1.807) is 31.2 Å². The molecule has 86 valence electrons. The SMILES string of the molecule is Cc1ccc(C(=O)c2cccs2)cc1C(=O)O. The van der Waals surface area contributed by atoms with Crippen molar-refractivity contribution in [3.8, 4) is 0 Å². The molecule has 0 aliphatic rings. The molecule has 1 aromatic heterocycles. The first-order chi connectivity index (χ1) is 8.09. The minimum Gasteiger partial charge on any atom is -0.478 e. The van der Waals surface area contributed by atoms with Gasteiger partial charge in [-0.05, 0) is 30.0 Å². The van der Waals surface area contributed by atoms with Gasteiger partial charge in [-0.1, -0.05) is 18.2 Å². The molecule has 0 unspecified atom stereocenters. The van der Waals surface area contributed by atoms with Gasteiger partial charge in [0.2, 0.25) is 5.78 Å². The van der Waals surface area contributed by atoms with Gasteiger partial charge in [0.1, 0.15) is 0 Å². The van der Waals surface area contributed by atoms with Crippen LogP contribution in [0.4, 0.5) is 0 Å². The van der Waals surface area contributed by atoms with Gasteiger partial charge in [0, 0.05) is 5.56 Å². The van der Waals surface area contributed by atoms with Crippen LogP contribution in [-0.2, 0) is 0 Å². The lowest BCUT2D eigenvalue weighted by molar-refractivity contribution is 0.0696. The Bertz CT molecular complexity index is 570. The predicted octanol–water partition coefficient (Wildman–Crippen LogP) is 2.99. The van der Waals surface area contributed by atoms with Crippen LogP contribution in [0, 0.1) is 6.92 Å². The number of thiophene rings is 1. The first-order valence-corrected chi connectivity index (χ1v) is 5.89. The number of carboxylic acid groups (broad SMARTS) is 1. The fourth-order valence-corrected chi connectivity index (χ4v) is 2.23. The van der Waals surface area contributed by atoms with Gasteiger partial charge in [-0.15, -0.1) is 11.3 Å². The summed E-state index contributed by atoms with van der Waals surface area (Å²) < 4.78 is 0. The zero-order valence-corrected chi connectivity index (χ0v) is 9.95. The number of carbonyl (C=O) groups excluding carboxylic acids is 1. The number of rotatable bonds is 3. The molecule has 0 atom stereocenters. The highest BCUT2D eigenvalue weighted by atomic mass is 32.1. The molecular weight excluding hydrogens is 236 g/mol. The second-order valence-corrected chi connectivity index (χ2v) is 4.59. The molecule has 2 rings (SSSR count). The Labute approximate surface area is 102 Å². The van der Waals surface area contributed by atoms with Gasteiger partial charge in [0.15, 0.2) is 0 Å². The van der Waals surface area contributed by atoms with Gasteiger partial charge < -0.3 is 5.11 Å². The topological polar surface area (TPSA) is 54.4 Å². The number of aryl methyl sites for hydroxylation is 1. The van der Waals surface area contributed by atoms with E-state index in [1.165, 1.54) is 17.4 Å². The van der Waals surface area contributed by atoms with Crippen molar-refractivity contribution in [1.29, 1.82) is 0 Å². The number of aromatic carboxylic acids is 1. The molecule has 0 aliphatic heterocycles. The molecule has 2 aromatic rings. The van der Waals surface area contributed by atoms with E-state index in [2.05, 4.69) is 0 Å². The number of hydrogen-bond donors (Lipinski definition) is 1. The number of hydrogen-bond acceptors (Lipinski definition) is 3. The van der Waals surface area contributed by atoms with Crippen LogP contribution in [0.1, 0.15) is 31.2 Å². The Morgan fingerprint density at radius 3 is 2.59 bits per heavy atom. The monoisotopic (exact) mass is 246 g/mol. The Balaban J connectivity index is 2.44. The van der Waals surface area contributed by atoms with Crippen LogP contribution in [0.25, 0.3) is 0 Å². The average Bonchev–Trinajstić information content (AvgIpc) is 2.81. The lowest BCUT2D eigenvalue weighted by Crippen LogP contribution is -2.04. The summed E-state index contributed by atoms with van der Waals surface area (Å²) in [5, 5.41) is 10.8. The quantitative estimate of drug-likeness (QED) is 0.847. The summed E-state index contributed by atoms with van der Waals surface area (Å²) in [4.78, 5) is 23.6. The van der Waals surface area contributed by atoms with E-state index in [-0.39, 0.29) is 11.3 Å². The van der Waals surface area contributed by atoms with Crippen molar-refractivity contribution >= 4 is 23.1 Å². The van der Waals surface area contributed by atoms with Crippen molar-refractivity contribution in [3.05, 3.63) is 57.3 Å². The number of carboxylic acids is 1. The molecule has 4 heteroatoms. The lowest BCUT2D eigenvalue weighted by Gasteiger charge is -2.03. The standard InChI is InChI=1S/C13H10O3S/c1-8-4-5-9(7-10(8)13(15)16)12(14)11-3-2-6-17-11/h2-7H,1H3,(H,15,16). The molecule has 1 heterocycles. The highest BCUT2D eigenvalue weighted by molar-refractivity contribution is 7.12. The number of benzene rings is 1.